The number of halogens is 1. The number of hydrazone groups is 1. The van der Waals surface area contributed by atoms with Gasteiger partial charge in [-0.3, -0.25) is 9.59 Å². The van der Waals surface area contributed by atoms with E-state index in [0.29, 0.717) is 16.5 Å². The summed E-state index contributed by atoms with van der Waals surface area (Å²) in [5.74, 6) is -0.813. The van der Waals surface area contributed by atoms with E-state index in [1.54, 1.807) is 30.3 Å². The molecule has 0 fully saturated rings. The molecule has 0 spiro atoms. The van der Waals surface area contributed by atoms with E-state index in [9.17, 15) is 9.59 Å². The molecule has 2 rings (SSSR count). The predicted molar refractivity (Wildman–Crippen MR) is 99.7 cm³/mol. The molecule has 0 aliphatic carbocycles. The van der Waals surface area contributed by atoms with Crippen LogP contribution in [0.15, 0.2) is 53.6 Å². The van der Waals surface area contributed by atoms with Crippen molar-refractivity contribution in [3.05, 3.63) is 64.7 Å². The molecule has 0 atom stereocenters. The molecular weight excluding hydrogens is 356 g/mol. The first-order chi connectivity index (χ1) is 12.5. The van der Waals surface area contributed by atoms with Gasteiger partial charge in [-0.15, -0.1) is 0 Å². The Hall–Kier alpha value is -2.86. The minimum atomic E-state index is -0.929. The summed E-state index contributed by atoms with van der Waals surface area (Å²) in [5, 5.41) is 13.5. The Kier molecular flexibility index (Phi) is 7.17. The second-order valence-corrected chi connectivity index (χ2v) is 5.99. The van der Waals surface area contributed by atoms with Crippen LogP contribution in [0.2, 0.25) is 5.02 Å². The highest BCUT2D eigenvalue weighted by molar-refractivity contribution is 6.30. The van der Waals surface area contributed by atoms with Crippen molar-refractivity contribution < 1.29 is 19.4 Å². The van der Waals surface area contributed by atoms with Gasteiger partial charge in [0.1, 0.15) is 5.75 Å². The average molecular weight is 375 g/mol. The lowest BCUT2D eigenvalue weighted by atomic mass is 10.1. The maximum Gasteiger partial charge on any atom is 0.303 e. The van der Waals surface area contributed by atoms with Gasteiger partial charge in [0.25, 0.3) is 5.91 Å². The fourth-order valence-corrected chi connectivity index (χ4v) is 2.43. The molecule has 2 aromatic rings. The molecule has 7 heteroatoms. The number of carbonyl (C=O) groups excluding carboxylic acids is 1. The van der Waals surface area contributed by atoms with Crippen molar-refractivity contribution in [2.24, 2.45) is 5.10 Å². The number of aryl methyl sites for hydroxylation is 1. The fourth-order valence-electron chi connectivity index (χ4n) is 2.20. The molecule has 2 N–H and O–H groups in total. The highest BCUT2D eigenvalue weighted by Crippen LogP contribution is 2.21. The maximum atomic E-state index is 12.0. The molecule has 0 saturated heterocycles. The predicted octanol–water partition coefficient (Wildman–Crippen LogP) is 3.41. The molecule has 0 aliphatic rings. The van der Waals surface area contributed by atoms with E-state index >= 15 is 0 Å². The van der Waals surface area contributed by atoms with Crippen molar-refractivity contribution in [3.63, 3.8) is 0 Å². The monoisotopic (exact) mass is 374 g/mol. The third-order valence-corrected chi connectivity index (χ3v) is 3.73. The minimum Gasteiger partial charge on any atom is -0.483 e. The number of rotatable bonds is 8. The Morgan fingerprint density at radius 2 is 1.88 bits per heavy atom. The standard InChI is InChI=1S/C19H19ClN2O4/c1-13-11-15(20)7-9-17(13)26-12-18(23)22-21-16(8-10-19(24)25)14-5-3-2-4-6-14/h2-7,9,11H,8,10,12H2,1H3,(H,22,23)(H,24,25)/b21-16-. The molecule has 0 aliphatic heterocycles. The van der Waals surface area contributed by atoms with Gasteiger partial charge in [-0.05, 0) is 36.2 Å². The lowest BCUT2D eigenvalue weighted by Gasteiger charge is -2.09. The molecule has 26 heavy (non-hydrogen) atoms. The Labute approximate surface area is 156 Å². The summed E-state index contributed by atoms with van der Waals surface area (Å²) in [6.45, 7) is 1.61. The van der Waals surface area contributed by atoms with Crippen LogP contribution in [-0.2, 0) is 9.59 Å². The summed E-state index contributed by atoms with van der Waals surface area (Å²) in [6.07, 6.45) is 0.126. The number of hydrogen-bond acceptors (Lipinski definition) is 4. The largest absolute Gasteiger partial charge is 0.483 e. The molecule has 0 heterocycles. The molecule has 0 bridgehead atoms. The number of aliphatic carboxylic acids is 1. The lowest BCUT2D eigenvalue weighted by molar-refractivity contribution is -0.136. The second-order valence-electron chi connectivity index (χ2n) is 5.55. The van der Waals surface area contributed by atoms with Gasteiger partial charge in [0.2, 0.25) is 0 Å². The Morgan fingerprint density at radius 1 is 1.15 bits per heavy atom. The zero-order valence-corrected chi connectivity index (χ0v) is 15.0. The summed E-state index contributed by atoms with van der Waals surface area (Å²) >= 11 is 5.88. The smallest absolute Gasteiger partial charge is 0.303 e. The molecular formula is C19H19ClN2O4. The Balaban J connectivity index is 1.98. The number of amides is 1. The van der Waals surface area contributed by atoms with Crippen LogP contribution in [0, 0.1) is 6.92 Å². The number of carbonyl (C=O) groups is 2. The summed E-state index contributed by atoms with van der Waals surface area (Å²) in [4.78, 5) is 22.8. The van der Waals surface area contributed by atoms with E-state index in [-0.39, 0.29) is 19.4 Å². The highest BCUT2D eigenvalue weighted by Gasteiger charge is 2.09. The molecule has 0 radical (unpaired) electrons. The van der Waals surface area contributed by atoms with Crippen molar-refractivity contribution >= 4 is 29.2 Å². The van der Waals surface area contributed by atoms with Crippen LogP contribution < -0.4 is 10.2 Å². The van der Waals surface area contributed by atoms with Crippen molar-refractivity contribution in [3.8, 4) is 5.75 Å². The molecule has 0 unspecified atom stereocenters. The van der Waals surface area contributed by atoms with Gasteiger partial charge in [0, 0.05) is 11.4 Å². The number of ether oxygens (including phenoxy) is 1. The molecule has 6 nitrogen and oxygen atoms in total. The first-order valence-electron chi connectivity index (χ1n) is 7.97. The quantitative estimate of drug-likeness (QED) is 0.547. The van der Waals surface area contributed by atoms with Gasteiger partial charge < -0.3 is 9.84 Å². The number of hydrogen-bond donors (Lipinski definition) is 2. The normalized spacial score (nSPS) is 11.1. The fraction of sp³-hybridized carbons (Fsp3) is 0.211. The van der Waals surface area contributed by atoms with Gasteiger partial charge in [0.15, 0.2) is 6.61 Å². The van der Waals surface area contributed by atoms with Crippen LogP contribution in [0.1, 0.15) is 24.0 Å². The van der Waals surface area contributed by atoms with Crippen LogP contribution in [0.25, 0.3) is 0 Å². The van der Waals surface area contributed by atoms with Gasteiger partial charge >= 0.3 is 5.97 Å². The molecule has 2 aromatic carbocycles. The van der Waals surface area contributed by atoms with Crippen molar-refractivity contribution in [2.45, 2.75) is 19.8 Å². The van der Waals surface area contributed by atoms with Gasteiger partial charge in [0.05, 0.1) is 12.1 Å². The minimum absolute atomic E-state index is 0.0793. The van der Waals surface area contributed by atoms with Gasteiger partial charge in [-0.25, -0.2) is 5.43 Å². The number of nitrogens with zero attached hydrogens (tertiary/aromatic N) is 1. The topological polar surface area (TPSA) is 88.0 Å². The van der Waals surface area contributed by atoms with E-state index in [2.05, 4.69) is 10.5 Å². The van der Waals surface area contributed by atoms with Crippen molar-refractivity contribution in [1.29, 1.82) is 0 Å². The summed E-state index contributed by atoms with van der Waals surface area (Å²) < 4.78 is 5.46. The van der Waals surface area contributed by atoms with E-state index in [1.807, 2.05) is 25.1 Å². The van der Waals surface area contributed by atoms with Crippen LogP contribution in [0.3, 0.4) is 0 Å². The Bertz CT molecular complexity index is 806. The zero-order valence-electron chi connectivity index (χ0n) is 14.2. The van der Waals surface area contributed by atoms with E-state index in [0.717, 1.165) is 11.1 Å². The van der Waals surface area contributed by atoms with Crippen molar-refractivity contribution in [2.75, 3.05) is 6.61 Å². The number of nitrogens with one attached hydrogen (secondary N) is 1. The lowest BCUT2D eigenvalue weighted by Crippen LogP contribution is -2.26. The third kappa shape index (κ3) is 6.22. The van der Waals surface area contributed by atoms with Crippen LogP contribution in [0.5, 0.6) is 5.75 Å². The number of carboxylic acid groups (broad SMARTS) is 1. The van der Waals surface area contributed by atoms with Crippen LogP contribution in [-0.4, -0.2) is 29.3 Å². The van der Waals surface area contributed by atoms with Crippen molar-refractivity contribution in [1.82, 2.24) is 5.43 Å². The van der Waals surface area contributed by atoms with Gasteiger partial charge in [-0.1, -0.05) is 41.9 Å². The average Bonchev–Trinajstić information content (AvgIpc) is 2.61. The summed E-state index contributed by atoms with van der Waals surface area (Å²) in [6, 6.07) is 14.2. The SMILES string of the molecule is Cc1cc(Cl)ccc1OCC(=O)N/N=C(/CCC(=O)O)c1ccccc1. The summed E-state index contributed by atoms with van der Waals surface area (Å²) in [7, 11) is 0. The second kappa shape index (κ2) is 9.58. The highest BCUT2D eigenvalue weighted by atomic mass is 35.5. The first-order valence-corrected chi connectivity index (χ1v) is 8.35. The first kappa shape index (κ1) is 19.5. The van der Waals surface area contributed by atoms with E-state index in [4.69, 9.17) is 21.4 Å². The van der Waals surface area contributed by atoms with Crippen LogP contribution >= 0.6 is 11.6 Å². The number of carboxylic acids is 1. The zero-order chi connectivity index (χ0) is 18.9. The molecule has 136 valence electrons. The Morgan fingerprint density at radius 3 is 2.54 bits per heavy atom. The van der Waals surface area contributed by atoms with E-state index in [1.165, 1.54) is 0 Å². The van der Waals surface area contributed by atoms with Gasteiger partial charge in [-0.2, -0.15) is 5.10 Å². The van der Waals surface area contributed by atoms with E-state index < -0.39 is 11.9 Å². The molecule has 1 amide bonds. The maximum absolute atomic E-state index is 12.0. The summed E-state index contributed by atoms with van der Waals surface area (Å²) in [5.41, 5.74) is 4.47. The molecule has 0 aromatic heterocycles. The third-order valence-electron chi connectivity index (χ3n) is 3.49. The number of benzene rings is 2. The molecule has 0 saturated carbocycles. The van der Waals surface area contributed by atoms with Crippen LogP contribution in [0.4, 0.5) is 0 Å².